The maximum atomic E-state index is 13.8. The molecular weight excluding hydrogens is 442 g/mol. The first-order chi connectivity index (χ1) is 15.2. The summed E-state index contributed by atoms with van der Waals surface area (Å²) < 4.78 is 60.1. The minimum absolute atomic E-state index is 0.0216. The zero-order valence-corrected chi connectivity index (χ0v) is 17.6. The van der Waals surface area contributed by atoms with Crippen molar-refractivity contribution in [3.63, 3.8) is 0 Å². The number of terminal acetylenes is 1. The van der Waals surface area contributed by atoms with Crippen LogP contribution < -0.4 is 9.64 Å². The van der Waals surface area contributed by atoms with Crippen molar-refractivity contribution < 1.29 is 31.5 Å². The second-order valence-electron chi connectivity index (χ2n) is 7.40. The van der Waals surface area contributed by atoms with Crippen LogP contribution in [0, 0.1) is 24.0 Å². The van der Waals surface area contributed by atoms with E-state index < -0.39 is 39.4 Å². The molecule has 2 aromatic carbocycles. The molecule has 166 valence electrons. The number of nitrogens with zero attached hydrogens (tertiary/aromatic N) is 2. The van der Waals surface area contributed by atoms with Crippen molar-refractivity contribution in [3.05, 3.63) is 53.6 Å². The van der Waals surface area contributed by atoms with Crippen LogP contribution in [0.15, 0.2) is 41.3 Å². The molecule has 1 unspecified atom stereocenters. The van der Waals surface area contributed by atoms with Crippen LogP contribution >= 0.6 is 0 Å². The lowest BCUT2D eigenvalue weighted by Crippen LogP contribution is -2.39. The quantitative estimate of drug-likeness (QED) is 0.488. The van der Waals surface area contributed by atoms with Gasteiger partial charge in [-0.2, -0.15) is 4.31 Å². The minimum Gasteiger partial charge on any atom is -0.489 e. The van der Waals surface area contributed by atoms with E-state index in [0.717, 1.165) is 17.0 Å². The number of anilines is 1. The van der Waals surface area contributed by atoms with E-state index >= 15 is 0 Å². The lowest BCUT2D eigenvalue weighted by Gasteiger charge is -2.24. The van der Waals surface area contributed by atoms with Gasteiger partial charge in [0.2, 0.25) is 10.0 Å². The van der Waals surface area contributed by atoms with Gasteiger partial charge in [0, 0.05) is 12.6 Å². The number of Topliss-reactive ketones (excluding diaryl/α,β-unsaturated/α-hetero) is 1. The van der Waals surface area contributed by atoms with Crippen LogP contribution in [0.1, 0.15) is 23.2 Å². The highest BCUT2D eigenvalue weighted by Crippen LogP contribution is 2.33. The van der Waals surface area contributed by atoms with Crippen molar-refractivity contribution in [2.75, 3.05) is 24.6 Å². The summed E-state index contributed by atoms with van der Waals surface area (Å²) >= 11 is 0. The van der Waals surface area contributed by atoms with Crippen molar-refractivity contribution in [3.8, 4) is 18.1 Å². The number of hydrogen-bond donors (Lipinski definition) is 0. The fraction of sp³-hybridized carbons (Fsp3) is 0.273. The molecule has 10 heteroatoms. The Balaban J connectivity index is 1.57. The lowest BCUT2D eigenvalue weighted by molar-refractivity contribution is -0.114. The molecule has 0 saturated carbocycles. The predicted molar refractivity (Wildman–Crippen MR) is 111 cm³/mol. The van der Waals surface area contributed by atoms with Crippen LogP contribution in [-0.4, -0.2) is 50.2 Å². The molecule has 32 heavy (non-hydrogen) atoms. The first-order valence-corrected chi connectivity index (χ1v) is 11.2. The molecule has 7 nitrogen and oxygen atoms in total. The second-order valence-corrected chi connectivity index (χ2v) is 9.29. The third-order valence-corrected chi connectivity index (χ3v) is 7.39. The standard InChI is InChI=1S/C22H18F2N2O5S/c1-2-9-25-19-7-6-16(12-17(19)21(27)22(25)28)32(29,30)26-10-3-4-15(26)13-31-20-8-5-14(23)11-18(20)24/h1,5-8,11-12,15H,3-4,9-10,13H2. The Morgan fingerprint density at radius 3 is 2.66 bits per heavy atom. The summed E-state index contributed by atoms with van der Waals surface area (Å²) in [6, 6.07) is 6.18. The lowest BCUT2D eigenvalue weighted by atomic mass is 10.1. The third-order valence-electron chi connectivity index (χ3n) is 5.45. The van der Waals surface area contributed by atoms with E-state index in [2.05, 4.69) is 5.92 Å². The number of ether oxygens (including phenoxy) is 1. The highest BCUT2D eigenvalue weighted by Gasteiger charge is 2.39. The molecular formula is C22H18F2N2O5S. The normalized spacial score (nSPS) is 18.7. The topological polar surface area (TPSA) is 84.0 Å². The van der Waals surface area contributed by atoms with E-state index in [1.165, 1.54) is 22.5 Å². The average Bonchev–Trinajstić information content (AvgIpc) is 3.33. The molecule has 0 N–H and O–H groups in total. The SMILES string of the molecule is C#CCN1C(=O)C(=O)c2cc(S(=O)(=O)N3CCCC3COc3ccc(F)cc3F)ccc21. The first-order valence-electron chi connectivity index (χ1n) is 9.77. The summed E-state index contributed by atoms with van der Waals surface area (Å²) in [5.74, 6) is -1.13. The van der Waals surface area contributed by atoms with Gasteiger partial charge < -0.3 is 4.74 Å². The number of fused-ring (bicyclic) bond motifs is 1. The fourth-order valence-electron chi connectivity index (χ4n) is 3.89. The summed E-state index contributed by atoms with van der Waals surface area (Å²) in [7, 11) is -4.02. The molecule has 1 amide bonds. The number of ketones is 1. The van der Waals surface area contributed by atoms with E-state index in [1.54, 1.807) is 0 Å². The Hall–Kier alpha value is -3.29. The van der Waals surface area contributed by atoms with E-state index in [4.69, 9.17) is 11.2 Å². The summed E-state index contributed by atoms with van der Waals surface area (Å²) in [5.41, 5.74) is 0.247. The summed E-state index contributed by atoms with van der Waals surface area (Å²) in [4.78, 5) is 25.4. The number of sulfonamides is 1. The van der Waals surface area contributed by atoms with Crippen molar-refractivity contribution in [2.45, 2.75) is 23.8 Å². The molecule has 0 aliphatic carbocycles. The molecule has 4 rings (SSSR count). The van der Waals surface area contributed by atoms with Crippen LogP contribution in [0.2, 0.25) is 0 Å². The summed E-state index contributed by atoms with van der Waals surface area (Å²) in [5, 5.41) is 0. The van der Waals surface area contributed by atoms with Crippen LogP contribution in [-0.2, 0) is 14.8 Å². The fourth-order valence-corrected chi connectivity index (χ4v) is 5.60. The van der Waals surface area contributed by atoms with E-state index in [9.17, 15) is 26.8 Å². The van der Waals surface area contributed by atoms with Crippen molar-refractivity contribution in [2.24, 2.45) is 0 Å². The van der Waals surface area contributed by atoms with Gasteiger partial charge in [-0.25, -0.2) is 17.2 Å². The molecule has 2 aliphatic heterocycles. The summed E-state index contributed by atoms with van der Waals surface area (Å²) in [6.45, 7) is -0.00925. The molecule has 0 bridgehead atoms. The van der Waals surface area contributed by atoms with Crippen LogP contribution in [0.25, 0.3) is 0 Å². The summed E-state index contributed by atoms with van der Waals surface area (Å²) in [6.07, 6.45) is 6.30. The van der Waals surface area contributed by atoms with Crippen LogP contribution in [0.3, 0.4) is 0 Å². The Bertz CT molecular complexity index is 1260. The van der Waals surface area contributed by atoms with Gasteiger partial charge in [0.15, 0.2) is 11.6 Å². The van der Waals surface area contributed by atoms with E-state index in [-0.39, 0.29) is 41.6 Å². The first kappa shape index (κ1) is 21.9. The maximum Gasteiger partial charge on any atom is 0.300 e. The molecule has 1 fully saturated rings. The smallest absolute Gasteiger partial charge is 0.300 e. The largest absolute Gasteiger partial charge is 0.489 e. The number of rotatable bonds is 6. The average molecular weight is 460 g/mol. The number of halogens is 2. The Kier molecular flexibility index (Phi) is 5.71. The van der Waals surface area contributed by atoms with Gasteiger partial charge in [0.05, 0.1) is 28.7 Å². The molecule has 2 aliphatic rings. The Morgan fingerprint density at radius 1 is 1.16 bits per heavy atom. The number of carbonyl (C=O) groups excluding carboxylic acids is 2. The molecule has 1 saturated heterocycles. The molecule has 1 atom stereocenters. The van der Waals surface area contributed by atoms with Gasteiger partial charge in [0.1, 0.15) is 12.4 Å². The van der Waals surface area contributed by atoms with Crippen molar-refractivity contribution in [1.29, 1.82) is 0 Å². The van der Waals surface area contributed by atoms with Crippen molar-refractivity contribution >= 4 is 27.4 Å². The number of hydrogen-bond acceptors (Lipinski definition) is 5. The van der Waals surface area contributed by atoms with E-state index in [1.807, 2.05) is 0 Å². The van der Waals surface area contributed by atoms with Gasteiger partial charge in [-0.1, -0.05) is 5.92 Å². The predicted octanol–water partition coefficient (Wildman–Crippen LogP) is 2.36. The van der Waals surface area contributed by atoms with Crippen LogP contribution in [0.4, 0.5) is 14.5 Å². The van der Waals surface area contributed by atoms with Gasteiger partial charge in [-0.05, 0) is 43.2 Å². The molecule has 2 heterocycles. The Morgan fingerprint density at radius 2 is 1.94 bits per heavy atom. The Labute approximate surface area is 183 Å². The van der Waals surface area contributed by atoms with Gasteiger partial charge >= 0.3 is 0 Å². The monoisotopic (exact) mass is 460 g/mol. The zero-order valence-electron chi connectivity index (χ0n) is 16.8. The van der Waals surface area contributed by atoms with E-state index in [0.29, 0.717) is 18.9 Å². The van der Waals surface area contributed by atoms with Crippen LogP contribution in [0.5, 0.6) is 5.75 Å². The molecule has 0 radical (unpaired) electrons. The number of amides is 1. The molecule has 0 spiro atoms. The molecule has 0 aromatic heterocycles. The van der Waals surface area contributed by atoms with Gasteiger partial charge in [-0.15, -0.1) is 6.42 Å². The minimum atomic E-state index is -4.02. The van der Waals surface area contributed by atoms with Gasteiger partial charge in [0.25, 0.3) is 11.7 Å². The maximum absolute atomic E-state index is 13.8. The van der Waals surface area contributed by atoms with Gasteiger partial charge in [-0.3, -0.25) is 14.5 Å². The number of carbonyl (C=O) groups is 2. The zero-order chi connectivity index (χ0) is 23.0. The highest BCUT2D eigenvalue weighted by atomic mass is 32.2. The van der Waals surface area contributed by atoms with Crippen molar-refractivity contribution in [1.82, 2.24) is 4.31 Å². The number of benzene rings is 2. The second kappa shape index (κ2) is 8.33. The third kappa shape index (κ3) is 3.74. The highest BCUT2D eigenvalue weighted by molar-refractivity contribution is 7.89. The molecule has 2 aromatic rings.